The molecule has 0 bridgehead atoms. The lowest BCUT2D eigenvalue weighted by molar-refractivity contribution is 0.285. The molecule has 0 aromatic carbocycles. The zero-order valence-electron chi connectivity index (χ0n) is 16.9. The summed E-state index contributed by atoms with van der Waals surface area (Å²) in [4.78, 5) is 16.4. The van der Waals surface area contributed by atoms with Crippen LogP contribution in [0.15, 0.2) is 4.99 Å². The monoisotopic (exact) mass is 507 g/mol. The molecule has 0 aliphatic carbocycles. The van der Waals surface area contributed by atoms with E-state index in [0.29, 0.717) is 5.92 Å². The quantitative estimate of drug-likeness (QED) is 0.362. The van der Waals surface area contributed by atoms with Crippen LogP contribution in [0, 0.1) is 5.92 Å². The predicted molar refractivity (Wildman–Crippen MR) is 125 cm³/mol. The summed E-state index contributed by atoms with van der Waals surface area (Å²) in [6, 6.07) is 0. The topological polar surface area (TPSA) is 59.9 Å². The predicted octanol–water partition coefficient (Wildman–Crippen LogP) is 2.15. The summed E-state index contributed by atoms with van der Waals surface area (Å²) in [6.07, 6.45) is 3.63. The standard InChI is InChI=1S/C18H33N7S.HI/c1-4-16-21-18(26-22-16)25-11-9-24(10-12-25)17(19-3)20-13-15(2)14-23-7-5-6-8-23;/h15H,4-14H2,1-3H3,(H,19,20);1H. The van der Waals surface area contributed by atoms with Crippen molar-refractivity contribution in [3.05, 3.63) is 5.82 Å². The molecule has 1 unspecified atom stereocenters. The van der Waals surface area contributed by atoms with Gasteiger partial charge in [-0.3, -0.25) is 4.99 Å². The highest BCUT2D eigenvalue weighted by atomic mass is 127. The van der Waals surface area contributed by atoms with E-state index >= 15 is 0 Å². The largest absolute Gasteiger partial charge is 0.356 e. The van der Waals surface area contributed by atoms with Gasteiger partial charge >= 0.3 is 0 Å². The first-order valence-electron chi connectivity index (χ1n) is 9.95. The van der Waals surface area contributed by atoms with Gasteiger partial charge in [-0.15, -0.1) is 24.0 Å². The van der Waals surface area contributed by atoms with Gasteiger partial charge in [0.05, 0.1) is 0 Å². The number of nitrogens with zero attached hydrogens (tertiary/aromatic N) is 6. The van der Waals surface area contributed by atoms with Crippen LogP contribution in [0.5, 0.6) is 0 Å². The average molecular weight is 507 g/mol. The fourth-order valence-electron chi connectivity index (χ4n) is 3.69. The Labute approximate surface area is 184 Å². The number of piperazine rings is 1. The maximum absolute atomic E-state index is 4.62. The van der Waals surface area contributed by atoms with Crippen molar-refractivity contribution < 1.29 is 0 Å². The van der Waals surface area contributed by atoms with Crippen molar-refractivity contribution in [1.82, 2.24) is 24.5 Å². The van der Waals surface area contributed by atoms with Crippen molar-refractivity contribution in [2.75, 3.05) is 64.3 Å². The van der Waals surface area contributed by atoms with E-state index < -0.39 is 0 Å². The SMILES string of the molecule is CCc1nsc(N2CCN(C(=NC)NCC(C)CN3CCCC3)CC2)n1.I. The Morgan fingerprint density at radius 1 is 1.19 bits per heavy atom. The lowest BCUT2D eigenvalue weighted by atomic mass is 10.1. The Balaban J connectivity index is 0.00000261. The average Bonchev–Trinajstić information content (AvgIpc) is 3.34. The zero-order valence-corrected chi connectivity index (χ0v) is 20.0. The van der Waals surface area contributed by atoms with Crippen LogP contribution in [0.25, 0.3) is 0 Å². The molecule has 0 amide bonds. The molecule has 1 N–H and O–H groups in total. The molecule has 7 nitrogen and oxygen atoms in total. The molecule has 154 valence electrons. The molecule has 1 aromatic heterocycles. The first kappa shape index (κ1) is 22.6. The number of aliphatic imine (C=N–C) groups is 1. The number of aromatic nitrogens is 2. The number of nitrogens with one attached hydrogen (secondary N) is 1. The van der Waals surface area contributed by atoms with Gasteiger partial charge in [0.2, 0.25) is 5.13 Å². The van der Waals surface area contributed by atoms with Crippen LogP contribution in [0.1, 0.15) is 32.5 Å². The van der Waals surface area contributed by atoms with E-state index in [1.807, 2.05) is 7.05 Å². The fraction of sp³-hybridized carbons (Fsp3) is 0.833. The summed E-state index contributed by atoms with van der Waals surface area (Å²) < 4.78 is 4.41. The second-order valence-corrected chi connectivity index (χ2v) is 8.09. The molecule has 27 heavy (non-hydrogen) atoms. The molecule has 0 saturated carbocycles. The molecule has 3 rings (SSSR count). The van der Waals surface area contributed by atoms with E-state index in [-0.39, 0.29) is 24.0 Å². The van der Waals surface area contributed by atoms with Crippen molar-refractivity contribution in [1.29, 1.82) is 0 Å². The Morgan fingerprint density at radius 3 is 2.48 bits per heavy atom. The normalized spacial score (nSPS) is 19.9. The molecule has 0 radical (unpaired) electrons. The van der Waals surface area contributed by atoms with Crippen LogP contribution >= 0.6 is 35.5 Å². The highest BCUT2D eigenvalue weighted by molar-refractivity contribution is 14.0. The molecule has 2 saturated heterocycles. The van der Waals surface area contributed by atoms with E-state index in [4.69, 9.17) is 0 Å². The lowest BCUT2D eigenvalue weighted by Crippen LogP contribution is -2.53. The molecule has 2 aliphatic rings. The molecular weight excluding hydrogens is 473 g/mol. The highest BCUT2D eigenvalue weighted by Gasteiger charge is 2.22. The number of aryl methyl sites for hydroxylation is 1. The van der Waals surface area contributed by atoms with Gasteiger partial charge in [-0.1, -0.05) is 13.8 Å². The number of hydrogen-bond donors (Lipinski definition) is 1. The van der Waals surface area contributed by atoms with Crippen molar-refractivity contribution in [3.63, 3.8) is 0 Å². The smallest absolute Gasteiger partial charge is 0.205 e. The number of halogens is 1. The summed E-state index contributed by atoms with van der Waals surface area (Å²) in [5, 5.41) is 4.65. The third kappa shape index (κ3) is 6.42. The van der Waals surface area contributed by atoms with E-state index in [2.05, 4.69) is 48.2 Å². The zero-order chi connectivity index (χ0) is 18.4. The first-order chi connectivity index (χ1) is 12.7. The van der Waals surface area contributed by atoms with E-state index in [1.54, 1.807) is 0 Å². The van der Waals surface area contributed by atoms with E-state index in [1.165, 1.54) is 44.0 Å². The van der Waals surface area contributed by atoms with Gasteiger partial charge in [-0.25, -0.2) is 4.98 Å². The van der Waals surface area contributed by atoms with Crippen molar-refractivity contribution in [2.45, 2.75) is 33.1 Å². The van der Waals surface area contributed by atoms with Gasteiger partial charge in [-0.2, -0.15) is 4.37 Å². The maximum atomic E-state index is 4.62. The van der Waals surface area contributed by atoms with Crippen LogP contribution < -0.4 is 10.2 Å². The van der Waals surface area contributed by atoms with Crippen LogP contribution in [-0.2, 0) is 6.42 Å². The van der Waals surface area contributed by atoms with Gasteiger partial charge in [-0.05, 0) is 31.8 Å². The fourth-order valence-corrected chi connectivity index (χ4v) is 4.50. The molecular formula is C18H34IN7S. The van der Waals surface area contributed by atoms with Gasteiger partial charge in [0.15, 0.2) is 5.96 Å². The van der Waals surface area contributed by atoms with Gasteiger partial charge < -0.3 is 20.0 Å². The molecule has 2 aliphatic heterocycles. The minimum Gasteiger partial charge on any atom is -0.356 e. The second-order valence-electron chi connectivity index (χ2n) is 7.36. The molecule has 2 fully saturated rings. The van der Waals surface area contributed by atoms with Crippen LogP contribution in [0.2, 0.25) is 0 Å². The summed E-state index contributed by atoms with van der Waals surface area (Å²) in [5.41, 5.74) is 0. The van der Waals surface area contributed by atoms with Crippen LogP contribution in [0.3, 0.4) is 0 Å². The van der Waals surface area contributed by atoms with E-state index in [9.17, 15) is 0 Å². The minimum absolute atomic E-state index is 0. The molecule has 1 aromatic rings. The summed E-state index contributed by atoms with van der Waals surface area (Å²) in [5.74, 6) is 2.63. The van der Waals surface area contributed by atoms with Crippen molar-refractivity contribution in [2.24, 2.45) is 10.9 Å². The Morgan fingerprint density at radius 2 is 1.89 bits per heavy atom. The third-order valence-corrected chi connectivity index (χ3v) is 6.03. The lowest BCUT2D eigenvalue weighted by Gasteiger charge is -2.36. The Hall–Kier alpha value is -0.680. The molecule has 9 heteroatoms. The number of likely N-dealkylation sites (tertiary alicyclic amines) is 1. The number of hydrogen-bond acceptors (Lipinski definition) is 6. The number of guanidine groups is 1. The third-order valence-electron chi connectivity index (χ3n) is 5.21. The summed E-state index contributed by atoms with van der Waals surface area (Å²) in [7, 11) is 1.89. The van der Waals surface area contributed by atoms with Crippen LogP contribution in [-0.4, -0.2) is 84.5 Å². The van der Waals surface area contributed by atoms with E-state index in [0.717, 1.165) is 56.1 Å². The second kappa shape index (κ2) is 11.4. The maximum Gasteiger partial charge on any atom is 0.205 e. The van der Waals surface area contributed by atoms with Gasteiger partial charge in [0, 0.05) is 64.3 Å². The minimum atomic E-state index is 0. The molecule has 0 spiro atoms. The van der Waals surface area contributed by atoms with Gasteiger partial charge in [0.25, 0.3) is 0 Å². The number of anilines is 1. The summed E-state index contributed by atoms with van der Waals surface area (Å²) in [6.45, 7) is 13.0. The van der Waals surface area contributed by atoms with Crippen molar-refractivity contribution >= 4 is 46.6 Å². The molecule has 1 atom stereocenters. The van der Waals surface area contributed by atoms with Gasteiger partial charge in [0.1, 0.15) is 5.82 Å². The highest BCUT2D eigenvalue weighted by Crippen LogP contribution is 2.19. The van der Waals surface area contributed by atoms with Crippen LogP contribution in [0.4, 0.5) is 5.13 Å². The first-order valence-corrected chi connectivity index (χ1v) is 10.7. The van der Waals surface area contributed by atoms with Crippen molar-refractivity contribution in [3.8, 4) is 0 Å². The number of rotatable bonds is 6. The summed E-state index contributed by atoms with van der Waals surface area (Å²) >= 11 is 1.52. The Bertz CT molecular complexity index is 580. The Kier molecular flexibility index (Phi) is 9.51. The molecule has 3 heterocycles.